The Morgan fingerprint density at radius 1 is 1.12 bits per heavy atom. The van der Waals surface area contributed by atoms with E-state index in [0.717, 1.165) is 28.8 Å². The molecule has 0 N–H and O–H groups in total. The molecule has 3 rings (SSSR count). The number of sulfone groups is 1. The van der Waals surface area contributed by atoms with Crippen molar-refractivity contribution in [1.29, 1.82) is 0 Å². The fourth-order valence-corrected chi connectivity index (χ4v) is 4.83. The number of ether oxygens (including phenoxy) is 1. The van der Waals surface area contributed by atoms with E-state index in [0.29, 0.717) is 12.2 Å². The van der Waals surface area contributed by atoms with Crippen molar-refractivity contribution in [1.82, 2.24) is 4.90 Å². The minimum atomic E-state index is -3.30. The lowest BCUT2D eigenvalue weighted by molar-refractivity contribution is -0.130. The van der Waals surface area contributed by atoms with Gasteiger partial charge in [-0.2, -0.15) is 0 Å². The Morgan fingerprint density at radius 3 is 2.34 bits per heavy atom. The van der Waals surface area contributed by atoms with Gasteiger partial charge in [0.05, 0.1) is 16.3 Å². The van der Waals surface area contributed by atoms with Crippen LogP contribution < -0.4 is 9.64 Å². The quantitative estimate of drug-likeness (QED) is 0.663. The van der Waals surface area contributed by atoms with Crippen molar-refractivity contribution in [2.24, 2.45) is 0 Å². The predicted octanol–water partition coefficient (Wildman–Crippen LogP) is 3.30. The minimum absolute atomic E-state index is 0.0330. The first-order valence-electron chi connectivity index (χ1n) is 10.7. The molecule has 0 spiro atoms. The van der Waals surface area contributed by atoms with E-state index >= 15 is 0 Å². The van der Waals surface area contributed by atoms with E-state index in [4.69, 9.17) is 4.74 Å². The lowest BCUT2D eigenvalue weighted by Gasteiger charge is -2.36. The standard InChI is InChI=1S/C24H30N2O5S/c1-6-32(29,30)19-10-8-18(9-11-19)20-13-14-22-21(12-7-16(2)26(22)17(3)27)24(20)31-15-23(28)25(4)5/h8-11,13-14,16H,6-7,12,15H2,1-5H3/t16-/m0/s1. The Balaban J connectivity index is 2.11. The maximum Gasteiger partial charge on any atom is 0.259 e. The van der Waals surface area contributed by atoms with Crippen molar-refractivity contribution in [2.75, 3.05) is 31.4 Å². The van der Waals surface area contributed by atoms with Gasteiger partial charge in [-0.25, -0.2) is 8.42 Å². The molecule has 7 nitrogen and oxygen atoms in total. The number of rotatable bonds is 6. The molecule has 0 saturated heterocycles. The third-order valence-electron chi connectivity index (χ3n) is 5.83. The molecule has 0 fully saturated rings. The van der Waals surface area contributed by atoms with E-state index < -0.39 is 9.84 Å². The molecule has 172 valence electrons. The molecular formula is C24H30N2O5S. The summed E-state index contributed by atoms with van der Waals surface area (Å²) in [5, 5.41) is 0. The number of nitrogens with zero attached hydrogens (tertiary/aromatic N) is 2. The molecule has 2 aromatic rings. The molecule has 2 amide bonds. The lowest BCUT2D eigenvalue weighted by Crippen LogP contribution is -2.41. The van der Waals surface area contributed by atoms with Crippen LogP contribution in [0.5, 0.6) is 5.75 Å². The zero-order valence-corrected chi connectivity index (χ0v) is 20.0. The van der Waals surface area contributed by atoms with Gasteiger partial charge >= 0.3 is 0 Å². The van der Waals surface area contributed by atoms with Crippen LogP contribution in [-0.2, 0) is 25.8 Å². The van der Waals surface area contributed by atoms with Gasteiger partial charge in [0.15, 0.2) is 16.4 Å². The molecule has 0 bridgehead atoms. The van der Waals surface area contributed by atoms with E-state index in [2.05, 4.69) is 0 Å². The molecule has 0 unspecified atom stereocenters. The molecule has 0 radical (unpaired) electrons. The van der Waals surface area contributed by atoms with E-state index in [9.17, 15) is 18.0 Å². The van der Waals surface area contributed by atoms with Gasteiger partial charge < -0.3 is 14.5 Å². The third-order valence-corrected chi connectivity index (χ3v) is 7.58. The van der Waals surface area contributed by atoms with Crippen LogP contribution >= 0.6 is 0 Å². The number of hydrogen-bond donors (Lipinski definition) is 0. The first kappa shape index (κ1) is 23.8. The van der Waals surface area contributed by atoms with Crippen molar-refractivity contribution in [3.05, 3.63) is 42.0 Å². The van der Waals surface area contributed by atoms with Crippen molar-refractivity contribution in [3.63, 3.8) is 0 Å². The second-order valence-corrected chi connectivity index (χ2v) is 10.5. The Kier molecular flexibility index (Phi) is 6.93. The predicted molar refractivity (Wildman–Crippen MR) is 125 cm³/mol. The van der Waals surface area contributed by atoms with Gasteiger partial charge in [0.1, 0.15) is 5.75 Å². The maximum atomic E-state index is 12.3. The highest BCUT2D eigenvalue weighted by molar-refractivity contribution is 7.91. The summed E-state index contributed by atoms with van der Waals surface area (Å²) in [4.78, 5) is 28.0. The van der Waals surface area contributed by atoms with Crippen LogP contribution in [0, 0.1) is 0 Å². The zero-order chi connectivity index (χ0) is 23.6. The molecule has 0 aromatic heterocycles. The van der Waals surface area contributed by atoms with Crippen molar-refractivity contribution < 1.29 is 22.7 Å². The van der Waals surface area contributed by atoms with Crippen LogP contribution in [0.1, 0.15) is 32.8 Å². The number of anilines is 1. The number of amides is 2. The molecule has 1 aliphatic rings. The SMILES string of the molecule is CCS(=O)(=O)c1ccc(-c2ccc3c(c2OCC(=O)N(C)C)CC[C@H](C)N3C(C)=O)cc1. The summed E-state index contributed by atoms with van der Waals surface area (Å²) in [6.45, 7) is 5.04. The first-order valence-corrected chi connectivity index (χ1v) is 12.3. The number of carbonyl (C=O) groups is 2. The summed E-state index contributed by atoms with van der Waals surface area (Å²) in [5.41, 5.74) is 3.21. The highest BCUT2D eigenvalue weighted by atomic mass is 32.2. The number of benzene rings is 2. The third kappa shape index (κ3) is 4.65. The number of likely N-dealkylation sites (N-methyl/N-ethyl adjacent to an activating group) is 1. The van der Waals surface area contributed by atoms with E-state index in [-0.39, 0.29) is 35.1 Å². The fraction of sp³-hybridized carbons (Fsp3) is 0.417. The summed E-state index contributed by atoms with van der Waals surface area (Å²) >= 11 is 0. The first-order chi connectivity index (χ1) is 15.1. The summed E-state index contributed by atoms with van der Waals surface area (Å²) in [6, 6.07) is 10.5. The van der Waals surface area contributed by atoms with Crippen LogP contribution in [0.2, 0.25) is 0 Å². The smallest absolute Gasteiger partial charge is 0.259 e. The van der Waals surface area contributed by atoms with Gasteiger partial charge in [-0.15, -0.1) is 0 Å². The highest BCUT2D eigenvalue weighted by Crippen LogP contribution is 2.43. The van der Waals surface area contributed by atoms with Crippen LogP contribution in [0.15, 0.2) is 41.3 Å². The summed E-state index contributed by atoms with van der Waals surface area (Å²) < 4.78 is 30.4. The molecule has 8 heteroatoms. The molecular weight excluding hydrogens is 428 g/mol. The number of carbonyl (C=O) groups excluding carboxylic acids is 2. The molecule has 32 heavy (non-hydrogen) atoms. The Hall–Kier alpha value is -2.87. The van der Waals surface area contributed by atoms with E-state index in [1.807, 2.05) is 19.1 Å². The normalized spacial score (nSPS) is 15.8. The van der Waals surface area contributed by atoms with Gasteiger partial charge in [0, 0.05) is 38.2 Å². The average molecular weight is 459 g/mol. The molecule has 0 aliphatic carbocycles. The van der Waals surface area contributed by atoms with Gasteiger partial charge in [-0.05, 0) is 49.6 Å². The van der Waals surface area contributed by atoms with Crippen LogP contribution in [-0.4, -0.2) is 57.6 Å². The molecule has 1 atom stereocenters. The van der Waals surface area contributed by atoms with Crippen molar-refractivity contribution in [3.8, 4) is 16.9 Å². The van der Waals surface area contributed by atoms with Gasteiger partial charge in [0.2, 0.25) is 5.91 Å². The van der Waals surface area contributed by atoms with Gasteiger partial charge in [-0.3, -0.25) is 9.59 Å². The molecule has 2 aromatic carbocycles. The molecule has 1 heterocycles. The van der Waals surface area contributed by atoms with Gasteiger partial charge in [0.25, 0.3) is 5.91 Å². The van der Waals surface area contributed by atoms with Gasteiger partial charge in [-0.1, -0.05) is 19.1 Å². The second kappa shape index (κ2) is 9.32. The second-order valence-electron chi connectivity index (χ2n) is 8.22. The lowest BCUT2D eigenvalue weighted by atomic mass is 9.91. The van der Waals surface area contributed by atoms with Crippen LogP contribution in [0.4, 0.5) is 5.69 Å². The zero-order valence-electron chi connectivity index (χ0n) is 19.2. The molecule has 1 aliphatic heterocycles. The average Bonchev–Trinajstić information content (AvgIpc) is 2.76. The number of fused-ring (bicyclic) bond motifs is 1. The fourth-order valence-electron chi connectivity index (χ4n) is 3.95. The Bertz CT molecular complexity index is 1120. The van der Waals surface area contributed by atoms with Crippen molar-refractivity contribution in [2.45, 2.75) is 44.6 Å². The van der Waals surface area contributed by atoms with Crippen molar-refractivity contribution >= 4 is 27.3 Å². The Morgan fingerprint density at radius 2 is 1.78 bits per heavy atom. The van der Waals surface area contributed by atoms with E-state index in [1.165, 1.54) is 4.90 Å². The Labute approximate surface area is 189 Å². The number of hydrogen-bond acceptors (Lipinski definition) is 5. The monoisotopic (exact) mass is 458 g/mol. The molecule has 0 saturated carbocycles. The van der Waals surface area contributed by atoms with E-state index in [1.54, 1.807) is 57.1 Å². The largest absolute Gasteiger partial charge is 0.483 e. The summed E-state index contributed by atoms with van der Waals surface area (Å²) in [7, 11) is 0.0304. The summed E-state index contributed by atoms with van der Waals surface area (Å²) in [6.07, 6.45) is 1.49. The topological polar surface area (TPSA) is 84.0 Å². The minimum Gasteiger partial charge on any atom is -0.483 e. The highest BCUT2D eigenvalue weighted by Gasteiger charge is 2.30. The summed E-state index contributed by atoms with van der Waals surface area (Å²) in [5.74, 6) is 0.369. The maximum absolute atomic E-state index is 12.3. The van der Waals surface area contributed by atoms with Crippen LogP contribution in [0.25, 0.3) is 11.1 Å². The van der Waals surface area contributed by atoms with Crippen LogP contribution in [0.3, 0.4) is 0 Å².